The summed E-state index contributed by atoms with van der Waals surface area (Å²) in [4.78, 5) is 25.0. The van der Waals surface area contributed by atoms with Crippen molar-refractivity contribution in [1.29, 1.82) is 0 Å². The Labute approximate surface area is 122 Å². The monoisotopic (exact) mass is 293 g/mol. The molecule has 0 aliphatic rings. The number of rotatable bonds is 5. The number of non-ortho nitro benzene ring substituents is 1. The van der Waals surface area contributed by atoms with Crippen LogP contribution in [0, 0.1) is 10.1 Å². The third kappa shape index (κ3) is 4.01. The van der Waals surface area contributed by atoms with Crippen molar-refractivity contribution in [1.82, 2.24) is 9.55 Å². The molecule has 0 fully saturated rings. The number of fused-ring (bicyclic) bond motifs is 1. The minimum absolute atomic E-state index is 0.00249. The van der Waals surface area contributed by atoms with E-state index in [9.17, 15) is 14.9 Å². The molecule has 0 saturated heterocycles. The highest BCUT2D eigenvalue weighted by Crippen LogP contribution is 2.21. The minimum Gasteiger partial charge on any atom is -0.481 e. The summed E-state index contributed by atoms with van der Waals surface area (Å²) in [5.41, 5.74) is 1.36. The van der Waals surface area contributed by atoms with Crippen molar-refractivity contribution in [3.8, 4) is 0 Å². The molecule has 1 heterocycles. The Bertz CT molecular complexity index is 649. The molecular weight excluding hydrogens is 274 g/mol. The normalized spacial score (nSPS) is 10.0. The summed E-state index contributed by atoms with van der Waals surface area (Å²) in [5.74, 6) is -0.105. The molecule has 0 aliphatic heterocycles. The number of nitro groups is 1. The van der Waals surface area contributed by atoms with E-state index in [1.165, 1.54) is 12.1 Å². The molecule has 114 valence electrons. The number of nitro benzene ring substituents is 1. The van der Waals surface area contributed by atoms with Crippen LogP contribution < -0.4 is 0 Å². The van der Waals surface area contributed by atoms with Crippen molar-refractivity contribution in [3.05, 3.63) is 34.1 Å². The zero-order valence-electron chi connectivity index (χ0n) is 12.4. The van der Waals surface area contributed by atoms with Crippen LogP contribution in [0.1, 0.15) is 32.5 Å². The molecule has 0 amide bonds. The maximum absolute atomic E-state index is 10.7. The van der Waals surface area contributed by atoms with Crippen LogP contribution in [0.25, 0.3) is 11.0 Å². The average Bonchev–Trinajstić information content (AvgIpc) is 2.77. The first kappa shape index (κ1) is 16.6. The Balaban J connectivity index is 0.00000106. The van der Waals surface area contributed by atoms with E-state index in [4.69, 9.17) is 5.11 Å². The van der Waals surface area contributed by atoms with E-state index in [0.29, 0.717) is 18.4 Å². The van der Waals surface area contributed by atoms with Crippen LogP contribution in [0.15, 0.2) is 18.2 Å². The van der Waals surface area contributed by atoms with Crippen molar-refractivity contribution in [2.45, 2.75) is 33.1 Å². The fourth-order valence-corrected chi connectivity index (χ4v) is 1.97. The van der Waals surface area contributed by atoms with Gasteiger partial charge in [0.1, 0.15) is 5.82 Å². The van der Waals surface area contributed by atoms with E-state index in [0.717, 1.165) is 11.3 Å². The summed E-state index contributed by atoms with van der Waals surface area (Å²) >= 11 is 0. The van der Waals surface area contributed by atoms with Gasteiger partial charge in [0.2, 0.25) is 0 Å². The predicted molar refractivity (Wildman–Crippen MR) is 79.3 cm³/mol. The van der Waals surface area contributed by atoms with Gasteiger partial charge in [-0.05, 0) is 12.5 Å². The molecule has 0 bridgehead atoms. The van der Waals surface area contributed by atoms with Crippen LogP contribution in [0.2, 0.25) is 0 Å². The topological polar surface area (TPSA) is 98.3 Å². The standard InChI is InChI=1S/C12H13N3O4.C2H6/c1-14-10-6-5-8(15(18)19)7-9(10)13-11(14)3-2-4-12(16)17;1-2/h5-7H,2-4H2,1H3,(H,16,17);1-2H3. The van der Waals surface area contributed by atoms with Crippen molar-refractivity contribution >= 4 is 22.7 Å². The molecule has 1 N–H and O–H groups in total. The molecule has 0 radical (unpaired) electrons. The van der Waals surface area contributed by atoms with Crippen molar-refractivity contribution in [2.75, 3.05) is 0 Å². The largest absolute Gasteiger partial charge is 0.481 e. The minimum atomic E-state index is -0.839. The van der Waals surface area contributed by atoms with Gasteiger partial charge in [-0.1, -0.05) is 13.8 Å². The third-order valence-electron chi connectivity index (χ3n) is 2.96. The first-order valence-corrected chi connectivity index (χ1v) is 6.80. The van der Waals surface area contributed by atoms with Crippen LogP contribution >= 0.6 is 0 Å². The molecule has 7 heteroatoms. The molecule has 0 spiro atoms. The highest BCUT2D eigenvalue weighted by Gasteiger charge is 2.12. The molecule has 0 atom stereocenters. The number of aryl methyl sites for hydroxylation is 2. The maximum Gasteiger partial charge on any atom is 0.303 e. The zero-order chi connectivity index (χ0) is 16.0. The maximum atomic E-state index is 10.7. The van der Waals surface area contributed by atoms with Gasteiger partial charge in [-0.2, -0.15) is 0 Å². The molecular formula is C14H19N3O4. The lowest BCUT2D eigenvalue weighted by molar-refractivity contribution is -0.384. The lowest BCUT2D eigenvalue weighted by atomic mass is 10.2. The van der Waals surface area contributed by atoms with Crippen LogP contribution in [0.5, 0.6) is 0 Å². The number of carboxylic acid groups (broad SMARTS) is 1. The molecule has 2 rings (SSSR count). The molecule has 0 unspecified atom stereocenters. The van der Waals surface area contributed by atoms with Crippen LogP contribution in [0.4, 0.5) is 5.69 Å². The van der Waals surface area contributed by atoms with Crippen LogP contribution in [-0.4, -0.2) is 25.6 Å². The van der Waals surface area contributed by atoms with Gasteiger partial charge in [0.05, 0.1) is 16.0 Å². The number of carbonyl (C=O) groups is 1. The smallest absolute Gasteiger partial charge is 0.303 e. The Morgan fingerprint density at radius 2 is 2.10 bits per heavy atom. The average molecular weight is 293 g/mol. The lowest BCUT2D eigenvalue weighted by Gasteiger charge is -2.00. The number of aliphatic carboxylic acids is 1. The third-order valence-corrected chi connectivity index (χ3v) is 2.96. The van der Waals surface area contributed by atoms with E-state index in [1.807, 2.05) is 25.5 Å². The Morgan fingerprint density at radius 3 is 2.67 bits per heavy atom. The second kappa shape index (κ2) is 7.37. The molecule has 0 aliphatic carbocycles. The van der Waals surface area contributed by atoms with E-state index in [1.54, 1.807) is 6.07 Å². The highest BCUT2D eigenvalue weighted by atomic mass is 16.6. The summed E-state index contributed by atoms with van der Waals surface area (Å²) in [5, 5.41) is 19.3. The summed E-state index contributed by atoms with van der Waals surface area (Å²) < 4.78 is 1.83. The number of imidazole rings is 1. The van der Waals surface area contributed by atoms with Gasteiger partial charge in [-0.15, -0.1) is 0 Å². The second-order valence-corrected chi connectivity index (χ2v) is 4.26. The van der Waals surface area contributed by atoms with Gasteiger partial charge in [0, 0.05) is 32.0 Å². The van der Waals surface area contributed by atoms with E-state index in [2.05, 4.69) is 4.98 Å². The predicted octanol–water partition coefficient (Wildman–Crippen LogP) is 2.92. The summed E-state index contributed by atoms with van der Waals surface area (Å²) in [6.45, 7) is 4.00. The molecule has 1 aromatic carbocycles. The summed E-state index contributed by atoms with van der Waals surface area (Å²) in [7, 11) is 1.82. The quantitative estimate of drug-likeness (QED) is 0.675. The van der Waals surface area contributed by atoms with Gasteiger partial charge in [-0.25, -0.2) is 4.98 Å². The fraction of sp³-hybridized carbons (Fsp3) is 0.429. The van der Waals surface area contributed by atoms with Gasteiger partial charge < -0.3 is 9.67 Å². The molecule has 1 aromatic heterocycles. The zero-order valence-corrected chi connectivity index (χ0v) is 12.4. The lowest BCUT2D eigenvalue weighted by Crippen LogP contribution is -2.01. The van der Waals surface area contributed by atoms with Crippen molar-refractivity contribution in [2.24, 2.45) is 7.05 Å². The first-order valence-electron chi connectivity index (χ1n) is 6.80. The van der Waals surface area contributed by atoms with E-state index >= 15 is 0 Å². The molecule has 2 aromatic rings. The summed E-state index contributed by atoms with van der Waals surface area (Å²) in [6.07, 6.45) is 1.11. The highest BCUT2D eigenvalue weighted by molar-refractivity contribution is 5.78. The van der Waals surface area contributed by atoms with Crippen molar-refractivity contribution in [3.63, 3.8) is 0 Å². The Morgan fingerprint density at radius 1 is 1.43 bits per heavy atom. The van der Waals surface area contributed by atoms with E-state index < -0.39 is 10.9 Å². The number of hydrogen-bond donors (Lipinski definition) is 1. The SMILES string of the molecule is CC.Cn1c(CCCC(=O)O)nc2cc([N+](=O)[O-])ccc21. The van der Waals surface area contributed by atoms with Gasteiger partial charge in [-0.3, -0.25) is 14.9 Å². The number of aromatic nitrogens is 2. The summed E-state index contributed by atoms with van der Waals surface area (Å²) in [6, 6.07) is 4.52. The first-order chi connectivity index (χ1) is 9.99. The number of nitrogens with zero attached hydrogens (tertiary/aromatic N) is 3. The molecule has 21 heavy (non-hydrogen) atoms. The van der Waals surface area contributed by atoms with E-state index in [-0.39, 0.29) is 12.1 Å². The number of hydrogen-bond acceptors (Lipinski definition) is 4. The molecule has 7 nitrogen and oxygen atoms in total. The van der Waals surface area contributed by atoms with Gasteiger partial charge >= 0.3 is 5.97 Å². The molecule has 0 saturated carbocycles. The van der Waals surface area contributed by atoms with Crippen LogP contribution in [0.3, 0.4) is 0 Å². The fourth-order valence-electron chi connectivity index (χ4n) is 1.97. The van der Waals surface area contributed by atoms with Crippen LogP contribution in [-0.2, 0) is 18.3 Å². The van der Waals surface area contributed by atoms with Gasteiger partial charge in [0.15, 0.2) is 0 Å². The second-order valence-electron chi connectivity index (χ2n) is 4.26. The van der Waals surface area contributed by atoms with Gasteiger partial charge in [0.25, 0.3) is 5.69 Å². The number of carboxylic acids is 1. The number of benzene rings is 1. The Kier molecular flexibility index (Phi) is 5.83. The van der Waals surface area contributed by atoms with Crippen molar-refractivity contribution < 1.29 is 14.8 Å². The Hall–Kier alpha value is -2.44.